The van der Waals surface area contributed by atoms with E-state index in [2.05, 4.69) is 13.2 Å². The summed E-state index contributed by atoms with van der Waals surface area (Å²) in [4.78, 5) is 23.4. The third-order valence-electron chi connectivity index (χ3n) is 6.07. The van der Waals surface area contributed by atoms with Crippen molar-refractivity contribution in [1.82, 2.24) is 0 Å². The first kappa shape index (κ1) is 35.7. The van der Waals surface area contributed by atoms with Crippen molar-refractivity contribution in [3.63, 3.8) is 0 Å². The van der Waals surface area contributed by atoms with Crippen LogP contribution in [0.2, 0.25) is 0 Å². The molecule has 246 valence electrons. The molecule has 0 amide bonds. The monoisotopic (exact) mass is 634 g/mol. The summed E-state index contributed by atoms with van der Waals surface area (Å²) < 4.78 is 45.9. The molecule has 0 aromatic heterocycles. The molecule has 0 saturated heterocycles. The Morgan fingerprint density at radius 3 is 1.24 bits per heavy atom. The molecule has 46 heavy (non-hydrogen) atoms. The average Bonchev–Trinajstić information content (AvgIpc) is 3.07. The van der Waals surface area contributed by atoms with Crippen LogP contribution < -0.4 is 18.9 Å². The summed E-state index contributed by atoms with van der Waals surface area (Å²) in [5, 5.41) is 0. The molecule has 0 spiro atoms. The average molecular weight is 635 g/mol. The summed E-state index contributed by atoms with van der Waals surface area (Å²) in [6.45, 7) is 11.6. The molecule has 0 aliphatic heterocycles. The van der Waals surface area contributed by atoms with Crippen molar-refractivity contribution in [2.45, 2.75) is 26.1 Å². The number of carbonyl (C=O) groups excluding carboxylic acids is 2. The molecule has 10 nitrogen and oxygen atoms in total. The minimum Gasteiger partial charge on any atom is -0.491 e. The number of carbonyl (C=O) groups is 2. The molecule has 0 aliphatic rings. The highest BCUT2D eigenvalue weighted by atomic mass is 16.6. The molecule has 2 atom stereocenters. The molecule has 2 unspecified atom stereocenters. The molecule has 0 heterocycles. The van der Waals surface area contributed by atoms with Gasteiger partial charge in [-0.25, -0.2) is 9.59 Å². The van der Waals surface area contributed by atoms with Crippen molar-refractivity contribution in [3.05, 3.63) is 109 Å². The maximum absolute atomic E-state index is 11.7. The van der Waals surface area contributed by atoms with Gasteiger partial charge in [0, 0.05) is 17.2 Å². The summed E-state index contributed by atoms with van der Waals surface area (Å²) in [6, 6.07) is 25.9. The normalized spacial score (nSPS) is 11.9. The Hall–Kier alpha value is -4.80. The number of hydrogen-bond donors (Lipinski definition) is 0. The Bertz CT molecular complexity index is 1260. The lowest BCUT2D eigenvalue weighted by atomic mass is 10.3. The fourth-order valence-electron chi connectivity index (χ4n) is 3.68. The molecule has 0 fully saturated rings. The molecule has 0 aliphatic carbocycles. The highest BCUT2D eigenvalue weighted by Crippen LogP contribution is 2.21. The van der Waals surface area contributed by atoms with Gasteiger partial charge in [-0.1, -0.05) is 55.6 Å². The first-order valence-corrected chi connectivity index (χ1v) is 14.9. The molecule has 3 aromatic rings. The van der Waals surface area contributed by atoms with Crippen LogP contribution in [0, 0.1) is 0 Å². The lowest BCUT2D eigenvalue weighted by Gasteiger charge is -2.20. The summed E-state index contributed by atoms with van der Waals surface area (Å²) in [5.74, 6) is 1.57. The van der Waals surface area contributed by atoms with Gasteiger partial charge in [0.25, 0.3) is 0 Å². The van der Waals surface area contributed by atoms with Gasteiger partial charge in [0.2, 0.25) is 0 Å². The number of hydrogen-bond acceptors (Lipinski definition) is 10. The van der Waals surface area contributed by atoms with Gasteiger partial charge < -0.3 is 37.9 Å². The topological polar surface area (TPSA) is 108 Å². The fraction of sp³-hybridized carbons (Fsp3) is 0.333. The second-order valence-electron chi connectivity index (χ2n) is 10.2. The Morgan fingerprint density at radius 1 is 0.522 bits per heavy atom. The van der Waals surface area contributed by atoms with E-state index in [1.165, 1.54) is 0 Å². The van der Waals surface area contributed by atoms with Gasteiger partial charge in [0.05, 0.1) is 13.2 Å². The minimum absolute atomic E-state index is 0.0738. The van der Waals surface area contributed by atoms with Crippen LogP contribution in [0.15, 0.2) is 109 Å². The third kappa shape index (κ3) is 14.3. The van der Waals surface area contributed by atoms with Gasteiger partial charge in [-0.15, -0.1) is 0 Å². The quantitative estimate of drug-likeness (QED) is 0.0786. The lowest BCUT2D eigenvalue weighted by molar-refractivity contribution is -0.142. The lowest BCUT2D eigenvalue weighted by Crippen LogP contribution is -2.30. The molecule has 3 aromatic carbocycles. The second-order valence-corrected chi connectivity index (χ2v) is 10.2. The zero-order valence-electron chi connectivity index (χ0n) is 26.4. The van der Waals surface area contributed by atoms with Crippen LogP contribution in [0.4, 0.5) is 0 Å². The number of para-hydroxylation sites is 2. The smallest absolute Gasteiger partial charge is 0.333 e. The van der Waals surface area contributed by atoms with Gasteiger partial charge in [-0.3, -0.25) is 0 Å². The largest absolute Gasteiger partial charge is 0.491 e. The standard InChI is InChI=1S/C36H42O10/c1-27(2)35(37)41-20-18-39-33(23-43-29-12-7-5-8-13-29)25-45-31-16-11-17-32(22-31)46-26-34(24-44-30-14-9-6-10-15-30)40-19-21-42-36(38)28(3)4/h5-17,22,33-34H,1,3,18-21,23-26H2,2,4H3. The van der Waals surface area contributed by atoms with Crippen molar-refractivity contribution in [1.29, 1.82) is 0 Å². The minimum atomic E-state index is -0.473. The molecule has 3 rings (SSSR count). The Labute approximate surface area is 270 Å². The van der Waals surface area contributed by atoms with Crippen LogP contribution in [0.5, 0.6) is 23.0 Å². The van der Waals surface area contributed by atoms with Gasteiger partial charge in [0.1, 0.15) is 74.8 Å². The summed E-state index contributed by atoms with van der Waals surface area (Å²) >= 11 is 0. The number of rotatable bonds is 22. The van der Waals surface area contributed by atoms with Gasteiger partial charge in [0.15, 0.2) is 0 Å². The Morgan fingerprint density at radius 2 is 0.870 bits per heavy atom. The van der Waals surface area contributed by atoms with E-state index >= 15 is 0 Å². The summed E-state index contributed by atoms with van der Waals surface area (Å²) in [5.41, 5.74) is 0.639. The van der Waals surface area contributed by atoms with Crippen LogP contribution in [0.25, 0.3) is 0 Å². The SMILES string of the molecule is C=C(C)C(=O)OCCOC(COc1ccccc1)COc1cccc(OCC(COc2ccccc2)OCCOC(=O)C(=C)C)c1. The molecule has 0 bridgehead atoms. The Kier molecular flexibility index (Phi) is 15.7. The molecular formula is C36H42O10. The molecule has 10 heteroatoms. The third-order valence-corrected chi connectivity index (χ3v) is 6.07. The Balaban J connectivity index is 1.54. The van der Waals surface area contributed by atoms with Gasteiger partial charge in [-0.05, 0) is 50.2 Å². The fourth-order valence-corrected chi connectivity index (χ4v) is 3.68. The zero-order chi connectivity index (χ0) is 33.0. The van der Waals surface area contributed by atoms with E-state index in [1.54, 1.807) is 32.0 Å². The highest BCUT2D eigenvalue weighted by molar-refractivity contribution is 5.87. The predicted molar refractivity (Wildman–Crippen MR) is 172 cm³/mol. The van der Waals surface area contributed by atoms with Crippen molar-refractivity contribution >= 4 is 11.9 Å². The summed E-state index contributed by atoms with van der Waals surface area (Å²) in [6.07, 6.45) is -0.916. The number of esters is 2. The number of benzene rings is 3. The van der Waals surface area contributed by atoms with E-state index in [1.807, 2.05) is 66.7 Å². The van der Waals surface area contributed by atoms with Crippen LogP contribution in [-0.2, 0) is 28.5 Å². The van der Waals surface area contributed by atoms with E-state index in [4.69, 9.17) is 37.9 Å². The highest BCUT2D eigenvalue weighted by Gasteiger charge is 2.15. The van der Waals surface area contributed by atoms with Gasteiger partial charge >= 0.3 is 11.9 Å². The first-order valence-electron chi connectivity index (χ1n) is 14.9. The van der Waals surface area contributed by atoms with E-state index in [-0.39, 0.29) is 52.9 Å². The molecule has 0 saturated carbocycles. The van der Waals surface area contributed by atoms with Crippen LogP contribution in [0.1, 0.15) is 13.8 Å². The van der Waals surface area contributed by atoms with Crippen LogP contribution in [0.3, 0.4) is 0 Å². The van der Waals surface area contributed by atoms with Gasteiger partial charge in [-0.2, -0.15) is 0 Å². The van der Waals surface area contributed by atoms with E-state index < -0.39 is 24.1 Å². The zero-order valence-corrected chi connectivity index (χ0v) is 26.4. The molecular weight excluding hydrogens is 592 g/mol. The molecule has 0 radical (unpaired) electrons. The van der Waals surface area contributed by atoms with Crippen molar-refractivity contribution in [3.8, 4) is 23.0 Å². The van der Waals surface area contributed by atoms with Crippen molar-refractivity contribution < 1.29 is 47.5 Å². The van der Waals surface area contributed by atoms with E-state index in [9.17, 15) is 9.59 Å². The summed E-state index contributed by atoms with van der Waals surface area (Å²) in [7, 11) is 0. The maximum Gasteiger partial charge on any atom is 0.333 e. The van der Waals surface area contributed by atoms with Crippen molar-refractivity contribution in [2.24, 2.45) is 0 Å². The second kappa shape index (κ2) is 20.3. The van der Waals surface area contributed by atoms with E-state index in [0.717, 1.165) is 0 Å². The molecule has 0 N–H and O–H groups in total. The number of ether oxygens (including phenoxy) is 8. The maximum atomic E-state index is 11.7. The first-order chi connectivity index (χ1) is 22.3. The van der Waals surface area contributed by atoms with Crippen LogP contribution >= 0.6 is 0 Å². The van der Waals surface area contributed by atoms with Crippen LogP contribution in [-0.4, -0.2) is 77.0 Å². The van der Waals surface area contributed by atoms with Crippen molar-refractivity contribution in [2.75, 3.05) is 52.9 Å². The van der Waals surface area contributed by atoms with E-state index in [0.29, 0.717) is 34.1 Å². The predicted octanol–water partition coefficient (Wildman–Crippen LogP) is 5.61.